The molecule has 0 spiro atoms. The molecule has 0 saturated carbocycles. The number of rotatable bonds is 6. The summed E-state index contributed by atoms with van der Waals surface area (Å²) in [6.45, 7) is 22.6. The maximum atomic E-state index is 4.80. The van der Waals surface area contributed by atoms with Gasteiger partial charge in [-0.05, 0) is 83.1 Å². The van der Waals surface area contributed by atoms with Crippen molar-refractivity contribution in [3.63, 3.8) is 0 Å². The predicted molar refractivity (Wildman–Crippen MR) is 217 cm³/mol. The average Bonchev–Trinajstić information content (AvgIpc) is 2.63. The first-order valence-corrected chi connectivity index (χ1v) is 16.9. The second-order valence-electron chi connectivity index (χ2n) is 8.50. The van der Waals surface area contributed by atoms with Crippen LogP contribution in [0.5, 0.6) is 0 Å². The molecule has 6 nitrogen and oxygen atoms in total. The van der Waals surface area contributed by atoms with Crippen LogP contribution in [-0.2, 0) is 125 Å². The minimum absolute atomic E-state index is 0. The molecule has 0 radical (unpaired) electrons. The second-order valence-corrected chi connectivity index (χ2v) is 14.5. The minimum atomic E-state index is 0. The van der Waals surface area contributed by atoms with Crippen molar-refractivity contribution in [2.45, 2.75) is 120 Å². The van der Waals surface area contributed by atoms with Gasteiger partial charge in [0.15, 0.2) is 0 Å². The van der Waals surface area contributed by atoms with Crippen LogP contribution in [0.25, 0.3) is 0 Å². The van der Waals surface area contributed by atoms with Crippen molar-refractivity contribution in [3.8, 4) is 0 Å². The topological polar surface area (TPSA) is 55.4 Å². The van der Waals surface area contributed by atoms with E-state index in [9.17, 15) is 0 Å². The normalized spacial score (nSPS) is 8.79. The van der Waals surface area contributed by atoms with Gasteiger partial charge < -0.3 is 178 Å². The smallest absolute Gasteiger partial charge is 0.511 e. The average molecular weight is 907 g/mol. The number of hydrogen-bond acceptors (Lipinski definition) is 18. The number of hydrogen-bond donors (Lipinski definition) is 0. The van der Waals surface area contributed by atoms with Gasteiger partial charge in [-0.25, -0.2) is 0 Å². The largest absolute Gasteiger partial charge is 6.00 e. The van der Waals surface area contributed by atoms with E-state index < -0.39 is 0 Å². The molecule has 0 fully saturated rings. The first-order chi connectivity index (χ1) is 18.8. The molecule has 43 heavy (non-hydrogen) atoms. The van der Waals surface area contributed by atoms with E-state index in [1.54, 1.807) is 0 Å². The molecule has 252 valence electrons. The molecule has 0 aliphatic carbocycles. The van der Waals surface area contributed by atoms with E-state index in [0.29, 0.717) is 0 Å². The van der Waals surface area contributed by atoms with Crippen molar-refractivity contribution < 1.29 is 49.5 Å². The third kappa shape index (κ3) is 115. The Hall–Kier alpha value is 1.35. The van der Waals surface area contributed by atoms with Crippen molar-refractivity contribution in [3.05, 3.63) is 0 Å². The molecule has 0 unspecified atom stereocenters. The molecule has 19 heteroatoms. The summed E-state index contributed by atoms with van der Waals surface area (Å²) in [5.41, 5.74) is 0. The van der Waals surface area contributed by atoms with Crippen molar-refractivity contribution in [2.24, 2.45) is 0 Å². The molecule has 0 aromatic carbocycles. The van der Waals surface area contributed by atoms with Gasteiger partial charge in [0.25, 0.3) is 0 Å². The molecule has 0 aromatic heterocycles. The van der Waals surface area contributed by atoms with Crippen LogP contribution in [0.2, 0.25) is 0 Å². The van der Waals surface area contributed by atoms with E-state index in [1.807, 2.05) is 83.1 Å². The van der Waals surface area contributed by atoms with Crippen LogP contribution >= 0.6 is 73.3 Å². The molecular weight excluding hydrogens is 865 g/mol. The maximum Gasteiger partial charge on any atom is 6.00 e. The summed E-state index contributed by atoms with van der Waals surface area (Å²) < 4.78 is 30.0. The van der Waals surface area contributed by atoms with Gasteiger partial charge in [-0.3, -0.25) is 0 Å². The quantitative estimate of drug-likeness (QED) is 0.151. The standard InChI is InChI=1S/6C4H8OS2.Mo/c6*1-3(2)5-4(6)7;/h6*3H,1-2H3,(H,6,7);/q;;;;;;+6/p-6. The van der Waals surface area contributed by atoms with Crippen LogP contribution in [0.3, 0.4) is 0 Å². The van der Waals surface area contributed by atoms with Crippen LogP contribution < -0.4 is 0 Å². The zero-order valence-corrected chi connectivity index (χ0v) is 38.0. The molecule has 0 aliphatic rings. The first kappa shape index (κ1) is 59.7. The third-order valence-electron chi connectivity index (χ3n) is 1.99. The summed E-state index contributed by atoms with van der Waals surface area (Å²) in [7, 11) is 0. The van der Waals surface area contributed by atoms with E-state index in [4.69, 9.17) is 28.4 Å². The Kier molecular flexibility index (Phi) is 57.5. The van der Waals surface area contributed by atoms with E-state index in [0.717, 1.165) is 0 Å². The molecule has 0 bridgehead atoms. The van der Waals surface area contributed by atoms with E-state index >= 15 is 0 Å². The maximum absolute atomic E-state index is 4.80. The second kappa shape index (κ2) is 41.4. The number of ether oxygens (including phenoxy) is 6. The fourth-order valence-electron chi connectivity index (χ4n) is 1.15. The molecule has 0 atom stereocenters. The van der Waals surface area contributed by atoms with Crippen LogP contribution in [0.4, 0.5) is 0 Å². The van der Waals surface area contributed by atoms with Gasteiger partial charge in [-0.2, -0.15) is 0 Å². The molecule has 0 saturated heterocycles. The SMILES string of the molecule is CC(C)OC(=S)[S-].CC(C)OC(=S)[S-].CC(C)OC(=S)[S-].CC(C)OC(=S)[S-].CC(C)OC(=S)[S-].CC(C)OC(=S)[S-].[Mo+6]. The molecule has 0 N–H and O–H groups in total. The van der Waals surface area contributed by atoms with Gasteiger partial charge in [0.05, 0.1) is 36.6 Å². The predicted octanol–water partition coefficient (Wildman–Crippen LogP) is 7.46. The van der Waals surface area contributed by atoms with Crippen LogP contribution in [0.1, 0.15) is 83.1 Å². The van der Waals surface area contributed by atoms with Crippen molar-refractivity contribution in [1.82, 2.24) is 0 Å². The van der Waals surface area contributed by atoms with Crippen LogP contribution in [-0.4, -0.2) is 62.9 Å². The van der Waals surface area contributed by atoms with Gasteiger partial charge in [0, 0.05) is 26.3 Å². The Balaban J connectivity index is -0.0000000720. The molecule has 0 heterocycles. The van der Waals surface area contributed by atoms with Gasteiger partial charge in [0.2, 0.25) is 0 Å². The first-order valence-electron chi connectivity index (χ1n) is 12.0. The van der Waals surface area contributed by atoms with Gasteiger partial charge in [0.1, 0.15) is 0 Å². The Bertz CT molecular complexity index is 582. The van der Waals surface area contributed by atoms with Crippen LogP contribution in [0, 0.1) is 0 Å². The summed E-state index contributed by atoms with van der Waals surface area (Å²) in [5.74, 6) is 0. The van der Waals surface area contributed by atoms with Crippen molar-refractivity contribution in [2.75, 3.05) is 0 Å². The van der Waals surface area contributed by atoms with Crippen molar-refractivity contribution in [1.29, 1.82) is 0 Å². The van der Waals surface area contributed by atoms with Gasteiger partial charge in [-0.1, -0.05) is 0 Å². The molecule has 0 amide bonds. The van der Waals surface area contributed by atoms with Crippen LogP contribution in [0.15, 0.2) is 0 Å². The zero-order chi connectivity index (χ0) is 35.2. The zero-order valence-electron chi connectivity index (χ0n) is 26.2. The third-order valence-corrected chi connectivity index (χ3v) is 3.15. The Morgan fingerprint density at radius 3 is 0.372 bits per heavy atom. The van der Waals surface area contributed by atoms with E-state index in [-0.39, 0.29) is 84.0 Å². The molecular formula is C24H42MoO6S12. The molecule has 0 aliphatic heterocycles. The fraction of sp³-hybridized carbons (Fsp3) is 0.750. The van der Waals surface area contributed by atoms with Gasteiger partial charge >= 0.3 is 21.1 Å². The Morgan fingerprint density at radius 2 is 0.372 bits per heavy atom. The monoisotopic (exact) mass is 908 g/mol. The summed E-state index contributed by atoms with van der Waals surface area (Å²) in [6.07, 6.45) is 0.778. The van der Waals surface area contributed by atoms with E-state index in [1.165, 1.54) is 0 Å². The summed E-state index contributed by atoms with van der Waals surface area (Å²) in [4.78, 5) is 0. The Labute approximate surface area is 340 Å². The molecule has 0 rings (SSSR count). The molecule has 0 aromatic rings. The number of thiocarbonyl (C=S) groups is 6. The summed E-state index contributed by atoms with van der Waals surface area (Å²) >= 11 is 53.6. The van der Waals surface area contributed by atoms with Crippen molar-refractivity contribution >= 4 is 175 Å². The minimum Gasteiger partial charge on any atom is -0.511 e. The fourth-order valence-corrected chi connectivity index (χ4v) is 3.46. The Morgan fingerprint density at radius 1 is 0.302 bits per heavy atom. The summed E-state index contributed by atoms with van der Waals surface area (Å²) in [5, 5.41) is 0. The van der Waals surface area contributed by atoms with E-state index in [2.05, 4.69) is 149 Å². The summed E-state index contributed by atoms with van der Waals surface area (Å²) in [6, 6.07) is 0. The van der Waals surface area contributed by atoms with Gasteiger partial charge in [-0.15, -0.1) is 0 Å².